The molecular formula is C37H50FN7O5. The summed E-state index contributed by atoms with van der Waals surface area (Å²) in [5.41, 5.74) is 0.372. The van der Waals surface area contributed by atoms with E-state index in [9.17, 15) is 23.6 Å². The Balaban J connectivity index is 1.53. The number of benzene rings is 2. The molecule has 12 nitrogen and oxygen atoms in total. The van der Waals surface area contributed by atoms with Crippen LogP contribution in [0.5, 0.6) is 0 Å². The molecule has 0 saturated carbocycles. The number of likely N-dealkylation sites (N-methyl/N-ethyl adjacent to an activating group) is 1. The van der Waals surface area contributed by atoms with Crippen molar-refractivity contribution in [3.63, 3.8) is 0 Å². The number of ether oxygens (including phenoxy) is 1. The summed E-state index contributed by atoms with van der Waals surface area (Å²) in [5.74, 6) is -1.43. The molecule has 0 radical (unpaired) electrons. The average Bonchev–Trinajstić information content (AvgIpc) is 3.74. The molecule has 0 bridgehead atoms. The van der Waals surface area contributed by atoms with Crippen molar-refractivity contribution in [3.8, 4) is 5.69 Å². The maximum atomic E-state index is 14.3. The van der Waals surface area contributed by atoms with Crippen LogP contribution in [-0.4, -0.2) is 104 Å². The lowest BCUT2D eigenvalue weighted by Crippen LogP contribution is -2.59. The first-order valence-electron chi connectivity index (χ1n) is 17.0. The number of nitrogens with one attached hydrogen (secondary N) is 1. The van der Waals surface area contributed by atoms with Gasteiger partial charge in [-0.2, -0.15) is 0 Å². The third-order valence-electron chi connectivity index (χ3n) is 8.74. The number of nitrogens with zero attached hydrogens (tertiary/aromatic N) is 6. The normalized spacial score (nSPS) is 16.0. The lowest BCUT2D eigenvalue weighted by molar-refractivity contribution is -0.141. The first kappa shape index (κ1) is 38.0. The number of amides is 4. The van der Waals surface area contributed by atoms with E-state index in [1.807, 2.05) is 51.1 Å². The summed E-state index contributed by atoms with van der Waals surface area (Å²) >= 11 is 0. The number of carbonyl (C=O) groups is 4. The van der Waals surface area contributed by atoms with Gasteiger partial charge in [0.1, 0.15) is 23.5 Å². The van der Waals surface area contributed by atoms with Crippen LogP contribution in [0.15, 0.2) is 60.8 Å². The molecule has 2 heterocycles. The van der Waals surface area contributed by atoms with E-state index in [1.54, 1.807) is 55.8 Å². The van der Waals surface area contributed by atoms with Crippen LogP contribution in [0, 0.1) is 11.2 Å². The molecule has 2 aromatic carbocycles. The molecule has 1 fully saturated rings. The minimum absolute atomic E-state index is 0.159. The maximum absolute atomic E-state index is 14.3. The number of hydrogen-bond acceptors (Lipinski definition) is 7. The van der Waals surface area contributed by atoms with E-state index in [-0.39, 0.29) is 35.9 Å². The van der Waals surface area contributed by atoms with Crippen molar-refractivity contribution in [1.29, 1.82) is 0 Å². The van der Waals surface area contributed by atoms with Gasteiger partial charge in [0, 0.05) is 32.7 Å². The summed E-state index contributed by atoms with van der Waals surface area (Å²) in [5, 5.41) is 11.2. The molecule has 1 aliphatic rings. The predicted octanol–water partition coefficient (Wildman–Crippen LogP) is 4.87. The second-order valence-electron chi connectivity index (χ2n) is 14.9. The van der Waals surface area contributed by atoms with Crippen LogP contribution >= 0.6 is 0 Å². The third kappa shape index (κ3) is 9.88. The van der Waals surface area contributed by atoms with Crippen LogP contribution in [0.25, 0.3) is 5.69 Å². The molecule has 1 saturated heterocycles. The van der Waals surface area contributed by atoms with E-state index in [0.717, 1.165) is 17.7 Å². The fourth-order valence-corrected chi connectivity index (χ4v) is 5.74. The van der Waals surface area contributed by atoms with Gasteiger partial charge in [0.2, 0.25) is 11.8 Å². The molecule has 1 N–H and O–H groups in total. The van der Waals surface area contributed by atoms with Crippen molar-refractivity contribution in [1.82, 2.24) is 35.0 Å². The summed E-state index contributed by atoms with van der Waals surface area (Å²) < 4.78 is 20.6. The zero-order chi connectivity index (χ0) is 36.8. The smallest absolute Gasteiger partial charge is 0.410 e. The highest BCUT2D eigenvalue weighted by atomic mass is 19.1. The summed E-state index contributed by atoms with van der Waals surface area (Å²) in [7, 11) is 1.48. The van der Waals surface area contributed by atoms with E-state index >= 15 is 0 Å². The van der Waals surface area contributed by atoms with E-state index < -0.39 is 35.1 Å². The zero-order valence-corrected chi connectivity index (χ0v) is 30.4. The SMILES string of the molecule is C[C@@H](C(=O)N[C@H](C(=O)N1CCC[C@H]1CN(CCc1ccc(F)cc1)C(=O)c1cn(-c2ccccc2)nn1)C(C)(C)C)N(C)C(=O)OC(C)(C)C. The Labute approximate surface area is 293 Å². The lowest BCUT2D eigenvalue weighted by atomic mass is 9.85. The van der Waals surface area contributed by atoms with Gasteiger partial charge < -0.3 is 19.9 Å². The van der Waals surface area contributed by atoms with Crippen molar-refractivity contribution in [3.05, 3.63) is 77.9 Å². The summed E-state index contributed by atoms with van der Waals surface area (Å²) in [4.78, 5) is 59.0. The minimum Gasteiger partial charge on any atom is -0.444 e. The Bertz CT molecular complexity index is 1630. The fourth-order valence-electron chi connectivity index (χ4n) is 5.74. The Kier molecular flexibility index (Phi) is 12.0. The van der Waals surface area contributed by atoms with Gasteiger partial charge in [-0.25, -0.2) is 13.9 Å². The molecule has 3 atom stereocenters. The number of para-hydroxylation sites is 1. The second-order valence-corrected chi connectivity index (χ2v) is 14.9. The number of likely N-dealkylation sites (tertiary alicyclic amines) is 1. The Morgan fingerprint density at radius 3 is 2.30 bits per heavy atom. The molecule has 0 aliphatic carbocycles. The van der Waals surface area contributed by atoms with Crippen molar-refractivity contribution in [2.24, 2.45) is 5.41 Å². The van der Waals surface area contributed by atoms with Crippen molar-refractivity contribution < 1.29 is 28.3 Å². The number of aromatic nitrogens is 3. The van der Waals surface area contributed by atoms with Crippen LogP contribution in [0.1, 0.15) is 77.4 Å². The molecule has 3 aromatic rings. The lowest BCUT2D eigenvalue weighted by Gasteiger charge is -2.38. The van der Waals surface area contributed by atoms with E-state index in [2.05, 4.69) is 15.6 Å². The molecule has 0 spiro atoms. The molecule has 50 heavy (non-hydrogen) atoms. The molecule has 13 heteroatoms. The van der Waals surface area contributed by atoms with Crippen LogP contribution < -0.4 is 5.32 Å². The highest BCUT2D eigenvalue weighted by Gasteiger charge is 2.41. The predicted molar refractivity (Wildman–Crippen MR) is 187 cm³/mol. The zero-order valence-electron chi connectivity index (χ0n) is 30.4. The van der Waals surface area contributed by atoms with Gasteiger partial charge in [0.25, 0.3) is 5.91 Å². The Hall–Kier alpha value is -4.81. The van der Waals surface area contributed by atoms with Gasteiger partial charge in [-0.15, -0.1) is 5.10 Å². The topological polar surface area (TPSA) is 130 Å². The van der Waals surface area contributed by atoms with E-state index in [4.69, 9.17) is 4.74 Å². The molecule has 1 aromatic heterocycles. The second kappa shape index (κ2) is 15.8. The van der Waals surface area contributed by atoms with Gasteiger partial charge in [-0.05, 0) is 82.2 Å². The van der Waals surface area contributed by atoms with E-state index in [1.165, 1.54) is 28.8 Å². The first-order valence-corrected chi connectivity index (χ1v) is 17.0. The quantitative estimate of drug-likeness (QED) is 0.304. The number of rotatable bonds is 11. The maximum Gasteiger partial charge on any atom is 0.410 e. The van der Waals surface area contributed by atoms with Crippen LogP contribution in [0.4, 0.5) is 9.18 Å². The van der Waals surface area contributed by atoms with Gasteiger partial charge in [0.15, 0.2) is 5.69 Å². The number of hydrogen-bond donors (Lipinski definition) is 1. The summed E-state index contributed by atoms with van der Waals surface area (Å²) in [6.07, 6.45) is 2.78. The van der Waals surface area contributed by atoms with Crippen LogP contribution in [0.3, 0.4) is 0 Å². The van der Waals surface area contributed by atoms with Crippen LogP contribution in [-0.2, 0) is 20.7 Å². The molecule has 4 amide bonds. The minimum atomic E-state index is -0.903. The molecule has 0 unspecified atom stereocenters. The third-order valence-corrected chi connectivity index (χ3v) is 8.74. The highest BCUT2D eigenvalue weighted by Crippen LogP contribution is 2.27. The fraction of sp³-hybridized carbons (Fsp3) is 0.514. The molecular weight excluding hydrogens is 641 g/mol. The highest BCUT2D eigenvalue weighted by molar-refractivity contribution is 5.93. The Morgan fingerprint density at radius 1 is 1.02 bits per heavy atom. The summed E-state index contributed by atoms with van der Waals surface area (Å²) in [6, 6.07) is 13.4. The van der Waals surface area contributed by atoms with E-state index in [0.29, 0.717) is 25.9 Å². The van der Waals surface area contributed by atoms with Crippen molar-refractivity contribution in [2.45, 2.75) is 91.5 Å². The van der Waals surface area contributed by atoms with Crippen molar-refractivity contribution >= 4 is 23.8 Å². The number of carbonyl (C=O) groups excluding carboxylic acids is 4. The monoisotopic (exact) mass is 691 g/mol. The summed E-state index contributed by atoms with van der Waals surface area (Å²) in [6.45, 7) is 13.4. The molecule has 1 aliphatic heterocycles. The van der Waals surface area contributed by atoms with Crippen molar-refractivity contribution in [2.75, 3.05) is 26.7 Å². The van der Waals surface area contributed by atoms with Gasteiger partial charge in [-0.1, -0.05) is 56.3 Å². The largest absolute Gasteiger partial charge is 0.444 e. The first-order chi connectivity index (χ1) is 23.4. The van der Waals surface area contributed by atoms with Crippen LogP contribution in [0.2, 0.25) is 0 Å². The standard InChI is InChI=1S/C37H50FN7O5/c1-25(42(8)35(49)50-37(5,6)7)32(46)39-31(36(2,3)4)34(48)44-21-12-15-29(44)23-43(22-20-26-16-18-27(38)19-17-26)33(47)30-24-45(41-40-30)28-13-10-9-11-14-28/h9-11,13-14,16-19,24-25,29,31H,12,15,20-23H2,1-8H3,(H,39,46)/t25-,29-,31+/m0/s1. The van der Waals surface area contributed by atoms with Gasteiger partial charge in [-0.3, -0.25) is 19.3 Å². The van der Waals surface area contributed by atoms with Gasteiger partial charge in [0.05, 0.1) is 11.9 Å². The Morgan fingerprint density at radius 2 is 1.68 bits per heavy atom. The molecule has 270 valence electrons. The van der Waals surface area contributed by atoms with Gasteiger partial charge >= 0.3 is 6.09 Å². The molecule has 4 rings (SSSR count). The average molecular weight is 692 g/mol. The number of halogens is 1.